The first kappa shape index (κ1) is 43.7. The fourth-order valence-electron chi connectivity index (χ4n) is 2.49. The molecule has 0 fully saturated rings. The van der Waals surface area contributed by atoms with E-state index < -0.39 is 70.5 Å². The number of amides is 1. The topological polar surface area (TPSA) is 138 Å². The van der Waals surface area contributed by atoms with Crippen LogP contribution in [0, 0.1) is 5.92 Å². The minimum absolute atomic E-state index is 0. The van der Waals surface area contributed by atoms with E-state index in [9.17, 15) is 62.3 Å². The Balaban J connectivity index is 0. The summed E-state index contributed by atoms with van der Waals surface area (Å²) in [5.41, 5.74) is -10.5. The number of ether oxygens (including phenoxy) is 2. The molecular weight excluding hydrogens is 660 g/mol. The van der Waals surface area contributed by atoms with Gasteiger partial charge in [-0.2, -0.15) is 39.5 Å². The number of carbonyl (C=O) groups excluding carboxylic acids is 3. The van der Waals surface area contributed by atoms with E-state index >= 15 is 0 Å². The number of rotatable bonds is 10. The van der Waals surface area contributed by atoms with Gasteiger partial charge in [0.15, 0.2) is 10.0 Å². The number of aliphatic hydroxyl groups is 1. The molecule has 20 heteroatoms. The molecule has 0 aliphatic heterocycles. The maximum Gasteiger partial charge on any atom is 1.00 e. The molecule has 43 heavy (non-hydrogen) atoms. The second-order valence-electron chi connectivity index (χ2n) is 8.57. The molecule has 0 saturated carbocycles. The SMILES string of the molecule is CCC(C)C(=O)OCCOC(=O)C(O)(C(F)(F)F)C(F)(F)F.CCC(C)c1ccc(C(=O)[N-]S(=O)(=O)C(F)(F)F)cc1.[K+]. The van der Waals surface area contributed by atoms with Gasteiger partial charge in [-0.3, -0.25) is 4.79 Å². The minimum atomic E-state index is -6.31. The number of nitrogens with zero attached hydrogens (tertiary/aromatic N) is 1. The van der Waals surface area contributed by atoms with Crippen molar-refractivity contribution in [2.75, 3.05) is 13.2 Å². The monoisotopic (exact) mass is 687 g/mol. The molecule has 242 valence electrons. The van der Waals surface area contributed by atoms with Gasteiger partial charge >= 0.3 is 86.8 Å². The molecule has 0 aliphatic carbocycles. The summed E-state index contributed by atoms with van der Waals surface area (Å²) in [4.78, 5) is 33.5. The Kier molecular flexibility index (Phi) is 17.6. The number of esters is 2. The maximum absolute atomic E-state index is 12.3. The van der Waals surface area contributed by atoms with Gasteiger partial charge in [-0.15, -0.1) is 0 Å². The largest absolute Gasteiger partial charge is 1.00 e. The Morgan fingerprint density at radius 1 is 0.837 bits per heavy atom. The van der Waals surface area contributed by atoms with E-state index in [1.165, 1.54) is 19.1 Å². The first-order valence-corrected chi connectivity index (χ1v) is 13.2. The van der Waals surface area contributed by atoms with Crippen molar-refractivity contribution < 1.29 is 128 Å². The molecule has 0 aliphatic rings. The van der Waals surface area contributed by atoms with Crippen LogP contribution < -0.4 is 51.4 Å². The zero-order chi connectivity index (χ0) is 33.3. The van der Waals surface area contributed by atoms with Crippen molar-refractivity contribution in [1.29, 1.82) is 0 Å². The molecule has 0 heterocycles. The van der Waals surface area contributed by atoms with Gasteiger partial charge in [0.05, 0.1) is 11.8 Å². The smallest absolute Gasteiger partial charge is 0.534 e. The number of carbonyl (C=O) groups is 3. The summed E-state index contributed by atoms with van der Waals surface area (Å²) in [5, 5.41) is 8.66. The number of hydrogen-bond donors (Lipinski definition) is 1. The Bertz CT molecular complexity index is 1160. The van der Waals surface area contributed by atoms with Crippen molar-refractivity contribution in [3.8, 4) is 0 Å². The first-order valence-electron chi connectivity index (χ1n) is 11.8. The van der Waals surface area contributed by atoms with Crippen LogP contribution in [0.4, 0.5) is 39.5 Å². The molecular formula is C23H27F9KNO8S. The van der Waals surface area contributed by atoms with Crippen LogP contribution in [0.2, 0.25) is 0 Å². The van der Waals surface area contributed by atoms with Crippen molar-refractivity contribution in [3.63, 3.8) is 0 Å². The number of benzene rings is 1. The number of alkyl halides is 9. The van der Waals surface area contributed by atoms with Crippen LogP contribution in [0.15, 0.2) is 24.3 Å². The molecule has 1 amide bonds. The van der Waals surface area contributed by atoms with Crippen LogP contribution >= 0.6 is 0 Å². The molecule has 0 aromatic heterocycles. The predicted octanol–water partition coefficient (Wildman–Crippen LogP) is 2.54. The van der Waals surface area contributed by atoms with Gasteiger partial charge in [-0.05, 0) is 29.9 Å². The summed E-state index contributed by atoms with van der Waals surface area (Å²) >= 11 is 0. The summed E-state index contributed by atoms with van der Waals surface area (Å²) in [6.45, 7) is 5.26. The van der Waals surface area contributed by atoms with Crippen LogP contribution in [0.3, 0.4) is 0 Å². The summed E-state index contributed by atoms with van der Waals surface area (Å²) in [6.07, 6.45) is -11.4. The maximum atomic E-state index is 12.3. The van der Waals surface area contributed by atoms with E-state index in [2.05, 4.69) is 14.2 Å². The van der Waals surface area contributed by atoms with Crippen LogP contribution in [0.25, 0.3) is 4.72 Å². The van der Waals surface area contributed by atoms with Gasteiger partial charge in [0.25, 0.3) is 0 Å². The Labute approximate surface area is 283 Å². The van der Waals surface area contributed by atoms with E-state index in [4.69, 9.17) is 5.11 Å². The third kappa shape index (κ3) is 12.5. The molecule has 2 atom stereocenters. The van der Waals surface area contributed by atoms with Crippen LogP contribution in [0.1, 0.15) is 62.4 Å². The Morgan fingerprint density at radius 3 is 1.65 bits per heavy atom. The zero-order valence-corrected chi connectivity index (χ0v) is 27.3. The van der Waals surface area contributed by atoms with Gasteiger partial charge in [0.1, 0.15) is 13.2 Å². The second-order valence-corrected chi connectivity index (χ2v) is 10.2. The van der Waals surface area contributed by atoms with Crippen LogP contribution in [0.5, 0.6) is 0 Å². The average Bonchev–Trinajstić information content (AvgIpc) is 2.87. The zero-order valence-electron chi connectivity index (χ0n) is 23.4. The van der Waals surface area contributed by atoms with Crippen molar-refractivity contribution in [1.82, 2.24) is 0 Å². The van der Waals surface area contributed by atoms with Gasteiger partial charge < -0.3 is 24.1 Å². The quantitative estimate of drug-likeness (QED) is 0.172. The standard InChI is InChI=1S/C12H14F3NO3S.C11H14F6O5.K/c1-3-8(2)9-4-6-10(7-5-9)11(17)16-20(18,19)12(13,14)15;1-3-6(2)7(18)21-4-5-22-8(19)9(20,10(12,13)14)11(15,16)17;/h4-8H,3H2,1-2H3,(H,16,17);6,20H,3-5H2,1-2H3;/q;;+1/p-1. The number of hydrogen-bond acceptors (Lipinski definition) is 8. The average molecular weight is 688 g/mol. The molecule has 1 rings (SSSR count). The normalized spacial score (nSPS) is 13.8. The number of halogens is 9. The molecule has 2 unspecified atom stereocenters. The minimum Gasteiger partial charge on any atom is -0.534 e. The van der Waals surface area contributed by atoms with Gasteiger partial charge in [-0.1, -0.05) is 52.0 Å². The third-order valence-electron chi connectivity index (χ3n) is 5.53. The van der Waals surface area contributed by atoms with E-state index in [0.29, 0.717) is 6.42 Å². The third-order valence-corrected chi connectivity index (χ3v) is 6.52. The first-order chi connectivity index (χ1) is 18.9. The van der Waals surface area contributed by atoms with Crippen molar-refractivity contribution in [2.24, 2.45) is 5.92 Å². The van der Waals surface area contributed by atoms with E-state index in [0.717, 1.165) is 12.0 Å². The van der Waals surface area contributed by atoms with Gasteiger partial charge in [-0.25, -0.2) is 13.2 Å². The van der Waals surface area contributed by atoms with Crippen molar-refractivity contribution >= 4 is 27.9 Å². The van der Waals surface area contributed by atoms with Crippen molar-refractivity contribution in [3.05, 3.63) is 40.1 Å². The van der Waals surface area contributed by atoms with Crippen LogP contribution in [-0.4, -0.2) is 68.0 Å². The number of sulfonamides is 1. The molecule has 0 radical (unpaired) electrons. The molecule has 1 N–H and O–H groups in total. The second kappa shape index (κ2) is 17.3. The van der Waals surface area contributed by atoms with E-state index in [-0.39, 0.29) is 62.9 Å². The van der Waals surface area contributed by atoms with Gasteiger partial charge in [0, 0.05) is 0 Å². The molecule has 1 aromatic carbocycles. The molecule has 0 spiro atoms. The summed E-state index contributed by atoms with van der Waals surface area (Å²) in [7, 11) is -5.80. The van der Waals surface area contributed by atoms with E-state index in [1.807, 2.05) is 13.8 Å². The molecule has 9 nitrogen and oxygen atoms in total. The Hall–Kier alpha value is -1.45. The predicted molar refractivity (Wildman–Crippen MR) is 126 cm³/mol. The summed E-state index contributed by atoms with van der Waals surface area (Å²) in [5.74, 6) is -5.42. The Morgan fingerprint density at radius 2 is 1.28 bits per heavy atom. The molecule has 1 aromatic rings. The van der Waals surface area contributed by atoms with Crippen molar-refractivity contribution in [2.45, 2.75) is 69.9 Å². The summed E-state index contributed by atoms with van der Waals surface area (Å²) in [6, 6.07) is 5.66. The molecule has 0 saturated heterocycles. The summed E-state index contributed by atoms with van der Waals surface area (Å²) < 4.78 is 142. The van der Waals surface area contributed by atoms with E-state index in [1.54, 1.807) is 19.1 Å². The van der Waals surface area contributed by atoms with Gasteiger partial charge in [0.2, 0.25) is 0 Å². The fraction of sp³-hybridized carbons (Fsp3) is 0.609. The van der Waals surface area contributed by atoms with Crippen LogP contribution in [-0.2, 0) is 29.1 Å². The fourth-order valence-corrected chi connectivity index (χ4v) is 2.91. The molecule has 0 bridgehead atoms.